The van der Waals surface area contributed by atoms with E-state index in [2.05, 4.69) is 27.7 Å². The Hall–Kier alpha value is -1.60. The van der Waals surface area contributed by atoms with E-state index >= 15 is 0 Å². The van der Waals surface area contributed by atoms with Gasteiger partial charge < -0.3 is 4.90 Å². The number of amides is 1. The van der Waals surface area contributed by atoms with Gasteiger partial charge in [-0.3, -0.25) is 9.59 Å². The van der Waals surface area contributed by atoms with E-state index in [0.29, 0.717) is 17.5 Å². The number of carbonyl (C=O) groups is 1. The maximum atomic E-state index is 12.4. The van der Waals surface area contributed by atoms with Crippen molar-refractivity contribution >= 4 is 29.0 Å². The lowest BCUT2D eigenvalue weighted by atomic mass is 10.2. The van der Waals surface area contributed by atoms with Crippen LogP contribution >= 0.6 is 23.1 Å². The van der Waals surface area contributed by atoms with Crippen LogP contribution in [0.2, 0.25) is 0 Å². The van der Waals surface area contributed by atoms with Crippen molar-refractivity contribution in [2.24, 2.45) is 0 Å². The smallest absolute Gasteiger partial charge is 0.274 e. The molecule has 0 radical (unpaired) electrons. The van der Waals surface area contributed by atoms with Crippen molar-refractivity contribution in [3.63, 3.8) is 0 Å². The molecule has 0 aliphatic carbocycles. The number of carbonyl (C=O) groups excluding carboxylic acids is 1. The Morgan fingerprint density at radius 3 is 2.95 bits per heavy atom. The summed E-state index contributed by atoms with van der Waals surface area (Å²) in [6.45, 7) is 1.43. The van der Waals surface area contributed by atoms with Gasteiger partial charge in [0, 0.05) is 35.0 Å². The second-order valence-corrected chi connectivity index (χ2v) is 7.05. The molecule has 3 rings (SSSR count). The third-order valence-corrected chi connectivity index (χ3v) is 5.83. The Morgan fingerprint density at radius 1 is 1.33 bits per heavy atom. The largest absolute Gasteiger partial charge is 0.336 e. The molecule has 0 spiro atoms. The summed E-state index contributed by atoms with van der Waals surface area (Å²) in [5.41, 5.74) is 0.00454. The maximum absolute atomic E-state index is 12.4. The molecule has 0 bridgehead atoms. The van der Waals surface area contributed by atoms with Gasteiger partial charge in [0.2, 0.25) is 0 Å². The van der Waals surface area contributed by atoms with E-state index in [9.17, 15) is 9.59 Å². The van der Waals surface area contributed by atoms with Crippen LogP contribution < -0.4 is 5.56 Å². The minimum Gasteiger partial charge on any atom is -0.336 e. The first kappa shape index (κ1) is 14.3. The van der Waals surface area contributed by atoms with E-state index in [1.807, 2.05) is 16.7 Å². The molecule has 0 saturated carbocycles. The molecule has 1 saturated heterocycles. The van der Waals surface area contributed by atoms with Crippen molar-refractivity contribution < 1.29 is 4.79 Å². The summed E-state index contributed by atoms with van der Waals surface area (Å²) in [4.78, 5) is 26.6. The molecule has 1 atom stereocenters. The monoisotopic (exact) mass is 321 g/mol. The highest BCUT2D eigenvalue weighted by atomic mass is 32.2. The average molecular weight is 321 g/mol. The number of thioether (sulfide) groups is 1. The van der Waals surface area contributed by atoms with E-state index in [0.717, 1.165) is 18.7 Å². The minimum atomic E-state index is -0.296. The summed E-state index contributed by atoms with van der Waals surface area (Å²) in [6, 6.07) is 7.04. The lowest BCUT2D eigenvalue weighted by Crippen LogP contribution is -2.34. The Labute approximate surface area is 130 Å². The zero-order valence-corrected chi connectivity index (χ0v) is 13.0. The van der Waals surface area contributed by atoms with E-state index in [1.54, 1.807) is 11.3 Å². The number of H-pyrrole nitrogens is 1. The summed E-state index contributed by atoms with van der Waals surface area (Å²) in [6.07, 6.45) is 0.945. The van der Waals surface area contributed by atoms with Gasteiger partial charge in [0.05, 0.1) is 0 Å². The number of hydrogen-bond donors (Lipinski definition) is 1. The van der Waals surface area contributed by atoms with Crippen molar-refractivity contribution in [2.45, 2.75) is 11.7 Å². The molecule has 1 aliphatic heterocycles. The van der Waals surface area contributed by atoms with Crippen LogP contribution in [0.25, 0.3) is 0 Å². The normalized spacial score (nSPS) is 19.2. The highest BCUT2D eigenvalue weighted by molar-refractivity contribution is 7.99. The number of rotatable bonds is 2. The molecule has 2 aromatic heterocycles. The Bertz CT molecular complexity index is 649. The van der Waals surface area contributed by atoms with Crippen LogP contribution in [-0.4, -0.2) is 39.8 Å². The van der Waals surface area contributed by atoms with Crippen molar-refractivity contribution in [2.75, 3.05) is 18.8 Å². The summed E-state index contributed by atoms with van der Waals surface area (Å²) < 4.78 is 0. The van der Waals surface area contributed by atoms with E-state index in [4.69, 9.17) is 0 Å². The predicted molar refractivity (Wildman–Crippen MR) is 84.9 cm³/mol. The minimum absolute atomic E-state index is 0.112. The van der Waals surface area contributed by atoms with Gasteiger partial charge >= 0.3 is 0 Å². The van der Waals surface area contributed by atoms with Gasteiger partial charge in [0.15, 0.2) is 0 Å². The molecular formula is C14H15N3O2S2. The van der Waals surface area contributed by atoms with Gasteiger partial charge in [-0.05, 0) is 23.9 Å². The second-order valence-electron chi connectivity index (χ2n) is 4.76. The molecule has 5 nitrogen and oxygen atoms in total. The number of thiophene rings is 1. The van der Waals surface area contributed by atoms with E-state index < -0.39 is 0 Å². The molecule has 0 aromatic carbocycles. The average Bonchev–Trinajstić information content (AvgIpc) is 2.92. The van der Waals surface area contributed by atoms with Crippen molar-refractivity contribution in [3.05, 3.63) is 50.6 Å². The molecule has 1 N–H and O–H groups in total. The predicted octanol–water partition coefficient (Wildman–Crippen LogP) is 2.15. The third kappa shape index (κ3) is 3.36. The molecule has 21 heavy (non-hydrogen) atoms. The molecule has 3 heterocycles. The van der Waals surface area contributed by atoms with Crippen LogP contribution in [0.1, 0.15) is 27.0 Å². The molecular weight excluding hydrogens is 306 g/mol. The molecule has 7 heteroatoms. The number of nitrogens with one attached hydrogen (secondary N) is 1. The van der Waals surface area contributed by atoms with Gasteiger partial charge in [-0.2, -0.15) is 16.9 Å². The van der Waals surface area contributed by atoms with Crippen LogP contribution in [0.5, 0.6) is 0 Å². The molecule has 1 fully saturated rings. The SMILES string of the molecule is O=C(c1ccc(=O)[nH]n1)N1CCS[C@H](c2cccs2)CC1. The molecule has 0 unspecified atom stereocenters. The zero-order chi connectivity index (χ0) is 14.7. The number of hydrogen-bond acceptors (Lipinski definition) is 5. The van der Waals surface area contributed by atoms with E-state index in [1.165, 1.54) is 17.0 Å². The quantitative estimate of drug-likeness (QED) is 0.920. The molecule has 2 aromatic rings. The first-order valence-corrected chi connectivity index (χ1v) is 8.67. The first-order chi connectivity index (χ1) is 10.2. The van der Waals surface area contributed by atoms with Gasteiger partial charge in [-0.15, -0.1) is 11.3 Å². The van der Waals surface area contributed by atoms with Gasteiger partial charge in [-0.1, -0.05) is 6.07 Å². The summed E-state index contributed by atoms with van der Waals surface area (Å²) in [7, 11) is 0. The molecule has 110 valence electrons. The zero-order valence-electron chi connectivity index (χ0n) is 11.3. The Morgan fingerprint density at radius 2 is 2.24 bits per heavy atom. The third-order valence-electron chi connectivity index (χ3n) is 3.39. The highest BCUT2D eigenvalue weighted by Gasteiger charge is 2.24. The molecule has 1 aliphatic rings. The van der Waals surface area contributed by atoms with Gasteiger partial charge in [0.25, 0.3) is 11.5 Å². The summed E-state index contributed by atoms with van der Waals surface area (Å²) in [5, 5.41) is 8.68. The molecule has 1 amide bonds. The maximum Gasteiger partial charge on any atom is 0.274 e. The number of aromatic amines is 1. The summed E-state index contributed by atoms with van der Waals surface area (Å²) >= 11 is 3.67. The van der Waals surface area contributed by atoms with Gasteiger partial charge in [-0.25, -0.2) is 5.10 Å². The number of nitrogens with zero attached hydrogens (tertiary/aromatic N) is 2. The van der Waals surface area contributed by atoms with Crippen LogP contribution in [0.3, 0.4) is 0 Å². The fourth-order valence-corrected chi connectivity index (χ4v) is 4.54. The van der Waals surface area contributed by atoms with Gasteiger partial charge in [0.1, 0.15) is 5.69 Å². The van der Waals surface area contributed by atoms with Crippen molar-refractivity contribution in [1.82, 2.24) is 15.1 Å². The van der Waals surface area contributed by atoms with Crippen LogP contribution in [0.15, 0.2) is 34.4 Å². The summed E-state index contributed by atoms with van der Waals surface area (Å²) in [5.74, 6) is 0.802. The fourth-order valence-electron chi connectivity index (χ4n) is 2.30. The van der Waals surface area contributed by atoms with Crippen molar-refractivity contribution in [3.8, 4) is 0 Å². The second kappa shape index (κ2) is 6.44. The Balaban J connectivity index is 1.68. The van der Waals surface area contributed by atoms with Crippen LogP contribution in [-0.2, 0) is 0 Å². The van der Waals surface area contributed by atoms with Crippen LogP contribution in [0.4, 0.5) is 0 Å². The number of aromatic nitrogens is 2. The first-order valence-electron chi connectivity index (χ1n) is 6.74. The topological polar surface area (TPSA) is 66.1 Å². The lowest BCUT2D eigenvalue weighted by molar-refractivity contribution is 0.0759. The highest BCUT2D eigenvalue weighted by Crippen LogP contribution is 2.36. The van der Waals surface area contributed by atoms with Crippen LogP contribution in [0, 0.1) is 0 Å². The van der Waals surface area contributed by atoms with E-state index in [-0.39, 0.29) is 11.5 Å². The lowest BCUT2D eigenvalue weighted by Gasteiger charge is -2.19. The van der Waals surface area contributed by atoms with Crippen molar-refractivity contribution in [1.29, 1.82) is 0 Å². The Kier molecular flexibility index (Phi) is 4.40. The standard InChI is InChI=1S/C14H15N3O2S2/c18-13-4-3-10(15-16-13)14(19)17-6-5-12(21-9-7-17)11-2-1-8-20-11/h1-4,8,12H,5-7,9H2,(H,16,18)/t12-/m0/s1. The fraction of sp³-hybridized carbons (Fsp3) is 0.357.